The Morgan fingerprint density at radius 1 is 1.22 bits per heavy atom. The standard InChI is InChI=1S/C18H18ClN5O3/c1-10-6-11(2)24-18(21-10)22-16(23-24)17(25)20-9-12-7-13(19)15-14(8-12)26-4-3-5-27-15/h6-8H,3-5,9H2,1-2H3,(H,20,25). The average molecular weight is 388 g/mol. The molecule has 4 rings (SSSR count). The fourth-order valence-corrected chi connectivity index (χ4v) is 3.20. The molecule has 0 unspecified atom stereocenters. The van der Waals surface area contributed by atoms with E-state index in [0.29, 0.717) is 35.5 Å². The lowest BCUT2D eigenvalue weighted by molar-refractivity contribution is 0.0940. The van der Waals surface area contributed by atoms with Crippen LogP contribution in [0.4, 0.5) is 0 Å². The number of ether oxygens (including phenoxy) is 2. The van der Waals surface area contributed by atoms with Crippen molar-refractivity contribution in [2.75, 3.05) is 13.2 Å². The van der Waals surface area contributed by atoms with Crippen LogP contribution >= 0.6 is 11.6 Å². The second-order valence-electron chi connectivity index (χ2n) is 6.32. The Kier molecular flexibility index (Phi) is 4.57. The third-order valence-corrected chi connectivity index (χ3v) is 4.42. The molecular weight excluding hydrogens is 370 g/mol. The van der Waals surface area contributed by atoms with Crippen molar-refractivity contribution in [3.63, 3.8) is 0 Å². The van der Waals surface area contributed by atoms with Gasteiger partial charge in [-0.15, -0.1) is 5.10 Å². The third kappa shape index (κ3) is 3.52. The summed E-state index contributed by atoms with van der Waals surface area (Å²) in [7, 11) is 0. The van der Waals surface area contributed by atoms with E-state index in [1.54, 1.807) is 10.6 Å². The molecule has 0 atom stereocenters. The van der Waals surface area contributed by atoms with Crippen molar-refractivity contribution in [2.45, 2.75) is 26.8 Å². The van der Waals surface area contributed by atoms with E-state index in [0.717, 1.165) is 23.4 Å². The van der Waals surface area contributed by atoms with Crippen LogP contribution in [0.3, 0.4) is 0 Å². The van der Waals surface area contributed by atoms with Gasteiger partial charge in [-0.2, -0.15) is 4.98 Å². The zero-order valence-electron chi connectivity index (χ0n) is 15.0. The van der Waals surface area contributed by atoms with Crippen molar-refractivity contribution in [1.82, 2.24) is 24.9 Å². The van der Waals surface area contributed by atoms with Gasteiger partial charge in [0.2, 0.25) is 5.82 Å². The van der Waals surface area contributed by atoms with Gasteiger partial charge in [-0.1, -0.05) is 11.6 Å². The van der Waals surface area contributed by atoms with Crippen molar-refractivity contribution in [2.24, 2.45) is 0 Å². The second-order valence-corrected chi connectivity index (χ2v) is 6.73. The smallest absolute Gasteiger partial charge is 0.291 e. The molecule has 3 aromatic rings. The lowest BCUT2D eigenvalue weighted by Crippen LogP contribution is -2.24. The second kappa shape index (κ2) is 7.03. The molecule has 9 heteroatoms. The minimum atomic E-state index is -0.388. The number of carbonyl (C=O) groups is 1. The van der Waals surface area contributed by atoms with E-state index in [1.807, 2.05) is 26.0 Å². The van der Waals surface area contributed by atoms with Crippen molar-refractivity contribution in [3.05, 3.63) is 46.0 Å². The van der Waals surface area contributed by atoms with Gasteiger partial charge in [0.15, 0.2) is 11.5 Å². The summed E-state index contributed by atoms with van der Waals surface area (Å²) in [5.41, 5.74) is 2.48. The van der Waals surface area contributed by atoms with Gasteiger partial charge in [-0.05, 0) is 37.6 Å². The number of aromatic nitrogens is 4. The third-order valence-electron chi connectivity index (χ3n) is 4.14. The summed E-state index contributed by atoms with van der Waals surface area (Å²) in [4.78, 5) is 20.9. The molecule has 0 saturated carbocycles. The van der Waals surface area contributed by atoms with Gasteiger partial charge < -0.3 is 14.8 Å². The molecule has 0 spiro atoms. The molecular formula is C18H18ClN5O3. The summed E-state index contributed by atoms with van der Waals surface area (Å²) in [6.45, 7) is 5.15. The summed E-state index contributed by atoms with van der Waals surface area (Å²) in [5, 5.41) is 7.48. The highest BCUT2D eigenvalue weighted by molar-refractivity contribution is 6.32. The van der Waals surface area contributed by atoms with Crippen LogP contribution in [0.1, 0.15) is 34.0 Å². The summed E-state index contributed by atoms with van der Waals surface area (Å²) in [6.07, 6.45) is 0.795. The number of benzene rings is 1. The Morgan fingerprint density at radius 3 is 2.89 bits per heavy atom. The number of amides is 1. The fraction of sp³-hybridized carbons (Fsp3) is 0.333. The molecule has 1 N–H and O–H groups in total. The topological polar surface area (TPSA) is 90.6 Å². The van der Waals surface area contributed by atoms with Crippen molar-refractivity contribution in [3.8, 4) is 11.5 Å². The molecule has 140 valence electrons. The first-order chi connectivity index (χ1) is 13.0. The van der Waals surface area contributed by atoms with Crippen LogP contribution in [0.15, 0.2) is 18.2 Å². The predicted molar refractivity (Wildman–Crippen MR) is 98.5 cm³/mol. The van der Waals surface area contributed by atoms with Gasteiger partial charge in [0.25, 0.3) is 11.7 Å². The largest absolute Gasteiger partial charge is 0.489 e. The molecule has 0 fully saturated rings. The highest BCUT2D eigenvalue weighted by atomic mass is 35.5. The lowest BCUT2D eigenvalue weighted by Gasteiger charge is -2.11. The number of hydrogen-bond donors (Lipinski definition) is 1. The summed E-state index contributed by atoms with van der Waals surface area (Å²) < 4.78 is 12.8. The monoisotopic (exact) mass is 387 g/mol. The quantitative estimate of drug-likeness (QED) is 0.742. The molecule has 1 aliphatic rings. The van der Waals surface area contributed by atoms with Crippen LogP contribution in [0.5, 0.6) is 11.5 Å². The Labute approximate surface area is 160 Å². The van der Waals surface area contributed by atoms with Crippen LogP contribution < -0.4 is 14.8 Å². The first kappa shape index (κ1) is 17.5. The van der Waals surface area contributed by atoms with Gasteiger partial charge in [0.05, 0.1) is 18.2 Å². The number of rotatable bonds is 3. The van der Waals surface area contributed by atoms with Crippen molar-refractivity contribution < 1.29 is 14.3 Å². The molecule has 0 bridgehead atoms. The fourth-order valence-electron chi connectivity index (χ4n) is 2.91. The average Bonchev–Trinajstić information content (AvgIpc) is 2.90. The van der Waals surface area contributed by atoms with E-state index >= 15 is 0 Å². The number of halogens is 1. The summed E-state index contributed by atoms with van der Waals surface area (Å²) in [6, 6.07) is 5.45. The molecule has 1 aliphatic heterocycles. The maximum Gasteiger partial charge on any atom is 0.291 e. The van der Waals surface area contributed by atoms with Gasteiger partial charge in [-0.25, -0.2) is 9.50 Å². The molecule has 0 saturated heterocycles. The molecule has 27 heavy (non-hydrogen) atoms. The minimum Gasteiger partial charge on any atom is -0.489 e. The SMILES string of the molecule is Cc1cc(C)n2nc(C(=O)NCc3cc(Cl)c4c(c3)OCCCO4)nc2n1. The maximum atomic E-state index is 12.4. The Bertz CT molecular complexity index is 1030. The van der Waals surface area contributed by atoms with Gasteiger partial charge in [-0.3, -0.25) is 4.79 Å². The molecule has 0 radical (unpaired) electrons. The number of aryl methyl sites for hydroxylation is 2. The van der Waals surface area contributed by atoms with E-state index in [1.165, 1.54) is 0 Å². The molecule has 1 amide bonds. The maximum absolute atomic E-state index is 12.4. The minimum absolute atomic E-state index is 0.0663. The van der Waals surface area contributed by atoms with Crippen LogP contribution in [0, 0.1) is 13.8 Å². The van der Waals surface area contributed by atoms with Crippen molar-refractivity contribution in [1.29, 1.82) is 0 Å². The van der Waals surface area contributed by atoms with Gasteiger partial charge in [0, 0.05) is 24.4 Å². The first-order valence-corrected chi connectivity index (χ1v) is 8.96. The van der Waals surface area contributed by atoms with E-state index in [2.05, 4.69) is 20.4 Å². The Hall–Kier alpha value is -2.87. The summed E-state index contributed by atoms with van der Waals surface area (Å²) >= 11 is 6.28. The predicted octanol–water partition coefficient (Wildman–Crippen LogP) is 2.49. The van der Waals surface area contributed by atoms with Crippen LogP contribution in [0.25, 0.3) is 5.78 Å². The molecule has 0 aliphatic carbocycles. The number of hydrogen-bond acceptors (Lipinski definition) is 6. The van der Waals surface area contributed by atoms with Crippen LogP contribution in [-0.4, -0.2) is 38.7 Å². The highest BCUT2D eigenvalue weighted by Gasteiger charge is 2.18. The molecule has 2 aromatic heterocycles. The van der Waals surface area contributed by atoms with E-state index in [9.17, 15) is 4.79 Å². The van der Waals surface area contributed by atoms with Crippen LogP contribution in [-0.2, 0) is 6.54 Å². The number of nitrogens with zero attached hydrogens (tertiary/aromatic N) is 4. The normalized spacial score (nSPS) is 13.4. The molecule has 1 aromatic carbocycles. The number of nitrogens with one attached hydrogen (secondary N) is 1. The Balaban J connectivity index is 1.52. The van der Waals surface area contributed by atoms with E-state index in [-0.39, 0.29) is 18.3 Å². The number of carbonyl (C=O) groups excluding carboxylic acids is 1. The van der Waals surface area contributed by atoms with Gasteiger partial charge in [0.1, 0.15) is 0 Å². The summed E-state index contributed by atoms with van der Waals surface area (Å²) in [5.74, 6) is 1.21. The molecule has 3 heterocycles. The van der Waals surface area contributed by atoms with E-state index in [4.69, 9.17) is 21.1 Å². The van der Waals surface area contributed by atoms with Crippen LogP contribution in [0.2, 0.25) is 5.02 Å². The first-order valence-electron chi connectivity index (χ1n) is 8.58. The van der Waals surface area contributed by atoms with Crippen molar-refractivity contribution >= 4 is 23.3 Å². The zero-order valence-corrected chi connectivity index (χ0v) is 15.7. The van der Waals surface area contributed by atoms with Gasteiger partial charge >= 0.3 is 0 Å². The lowest BCUT2D eigenvalue weighted by atomic mass is 10.2. The molecule has 8 nitrogen and oxygen atoms in total. The number of fused-ring (bicyclic) bond motifs is 2. The highest BCUT2D eigenvalue weighted by Crippen LogP contribution is 2.37. The zero-order chi connectivity index (χ0) is 19.0. The Morgan fingerprint density at radius 2 is 2.04 bits per heavy atom. The van der Waals surface area contributed by atoms with E-state index < -0.39 is 0 Å².